The van der Waals surface area contributed by atoms with E-state index in [1.165, 1.54) is 16.0 Å². The number of amides is 3. The number of carbonyl (C=O) groups is 2. The molecule has 0 spiro atoms. The van der Waals surface area contributed by atoms with E-state index in [1.54, 1.807) is 11.9 Å². The fourth-order valence-corrected chi connectivity index (χ4v) is 4.53. The molecule has 0 saturated carbocycles. The fourth-order valence-electron chi connectivity index (χ4n) is 4.53. The van der Waals surface area contributed by atoms with Crippen molar-refractivity contribution in [3.05, 3.63) is 45.7 Å². The first kappa shape index (κ1) is 19.9. The number of likely N-dealkylation sites (N-methyl/N-ethyl adjacent to an activating group) is 1. The van der Waals surface area contributed by atoms with E-state index in [0.717, 1.165) is 55.2 Å². The van der Waals surface area contributed by atoms with E-state index < -0.39 is 0 Å². The maximum Gasteiger partial charge on any atom is 0.322 e. The number of hydrogen-bond acceptors (Lipinski definition) is 3. The molecule has 1 fully saturated rings. The molecule has 4 rings (SSSR count). The highest BCUT2D eigenvalue weighted by molar-refractivity contribution is 6.01. The Morgan fingerprint density at radius 3 is 2.52 bits per heavy atom. The van der Waals surface area contributed by atoms with Crippen LogP contribution in [0, 0.1) is 20.8 Å². The highest BCUT2D eigenvalue weighted by Gasteiger charge is 2.43. The van der Waals surface area contributed by atoms with E-state index in [1.807, 2.05) is 11.8 Å². The van der Waals surface area contributed by atoms with Crippen LogP contribution in [0.3, 0.4) is 0 Å². The van der Waals surface area contributed by atoms with Gasteiger partial charge in [0.1, 0.15) is 13.1 Å². The lowest BCUT2D eigenvalue weighted by Crippen LogP contribution is -3.14. The van der Waals surface area contributed by atoms with Gasteiger partial charge in [0, 0.05) is 7.05 Å². The molecule has 1 saturated heterocycles. The number of nitrogens with one attached hydrogen (secondary N) is 2. The van der Waals surface area contributed by atoms with Gasteiger partial charge in [-0.15, -0.1) is 0 Å². The van der Waals surface area contributed by atoms with Gasteiger partial charge in [0.15, 0.2) is 0 Å². The molecule has 0 aliphatic carbocycles. The third kappa shape index (κ3) is 3.65. The van der Waals surface area contributed by atoms with E-state index in [-0.39, 0.29) is 18.0 Å². The van der Waals surface area contributed by atoms with Gasteiger partial charge in [-0.3, -0.25) is 9.69 Å². The van der Waals surface area contributed by atoms with Crippen LogP contribution in [-0.2, 0) is 9.53 Å². The van der Waals surface area contributed by atoms with Crippen LogP contribution in [-0.4, -0.2) is 74.7 Å². The molecule has 3 aliphatic rings. The van der Waals surface area contributed by atoms with Gasteiger partial charge in [0.2, 0.25) is 0 Å². The van der Waals surface area contributed by atoms with Crippen molar-refractivity contribution in [3.63, 3.8) is 0 Å². The SMILES string of the molecule is Cc1cc(C)c([C@@H]2NC(=O)N(C)C3=C2C(=O)N(CC[NH+]2CCOCC2)C3)cc1C. The summed E-state index contributed by atoms with van der Waals surface area (Å²) in [4.78, 5) is 31.0. The third-order valence-corrected chi connectivity index (χ3v) is 6.56. The minimum atomic E-state index is -0.388. The second-order valence-electron chi connectivity index (χ2n) is 8.43. The number of urea groups is 1. The first-order valence-corrected chi connectivity index (χ1v) is 10.4. The Kier molecular flexibility index (Phi) is 5.36. The number of carbonyl (C=O) groups excluding carboxylic acids is 2. The highest BCUT2D eigenvalue weighted by atomic mass is 16.5. The standard InChI is InChI=1S/C22H30N4O3/c1-14-11-16(3)17(12-15(14)2)20-19-18(24(4)22(28)23-20)13-26(21(19)27)6-5-25-7-9-29-10-8-25/h11-12,20H,5-10,13H2,1-4H3,(H,23,28)/p+1/t20-/m0/s1. The summed E-state index contributed by atoms with van der Waals surface area (Å²) in [6.45, 7) is 11.8. The van der Waals surface area contributed by atoms with E-state index in [9.17, 15) is 9.59 Å². The Morgan fingerprint density at radius 2 is 1.79 bits per heavy atom. The zero-order valence-corrected chi connectivity index (χ0v) is 17.8. The minimum Gasteiger partial charge on any atom is -0.370 e. The van der Waals surface area contributed by atoms with Crippen LogP contribution in [0.25, 0.3) is 0 Å². The number of hydrogen-bond donors (Lipinski definition) is 2. The predicted octanol–water partition coefficient (Wildman–Crippen LogP) is 0.319. The highest BCUT2D eigenvalue weighted by Crippen LogP contribution is 2.37. The van der Waals surface area contributed by atoms with Gasteiger partial charge < -0.3 is 19.9 Å². The summed E-state index contributed by atoms with van der Waals surface area (Å²) >= 11 is 0. The number of quaternary nitrogens is 1. The monoisotopic (exact) mass is 399 g/mol. The van der Waals surface area contributed by atoms with Crippen LogP contribution < -0.4 is 10.2 Å². The number of ether oxygens (including phenoxy) is 1. The lowest BCUT2D eigenvalue weighted by molar-refractivity contribution is -0.907. The van der Waals surface area contributed by atoms with Crippen molar-refractivity contribution in [2.45, 2.75) is 26.8 Å². The van der Waals surface area contributed by atoms with Gasteiger partial charge in [0.25, 0.3) is 5.91 Å². The normalized spacial score (nSPS) is 23.0. The zero-order chi connectivity index (χ0) is 20.7. The predicted molar refractivity (Wildman–Crippen MR) is 110 cm³/mol. The van der Waals surface area contributed by atoms with Gasteiger partial charge >= 0.3 is 6.03 Å². The summed E-state index contributed by atoms with van der Waals surface area (Å²) in [5, 5.41) is 3.06. The number of benzene rings is 1. The molecular formula is C22H31N4O3+. The molecule has 0 radical (unpaired) electrons. The molecule has 0 unspecified atom stereocenters. The van der Waals surface area contributed by atoms with Crippen molar-refractivity contribution in [1.29, 1.82) is 0 Å². The van der Waals surface area contributed by atoms with E-state index >= 15 is 0 Å². The first-order valence-electron chi connectivity index (χ1n) is 10.4. The zero-order valence-electron chi connectivity index (χ0n) is 17.8. The molecule has 2 N–H and O–H groups in total. The smallest absolute Gasteiger partial charge is 0.322 e. The van der Waals surface area contributed by atoms with Gasteiger partial charge in [-0.2, -0.15) is 0 Å². The van der Waals surface area contributed by atoms with Crippen LogP contribution in [0.2, 0.25) is 0 Å². The first-order chi connectivity index (χ1) is 13.9. The molecule has 1 aromatic carbocycles. The summed E-state index contributed by atoms with van der Waals surface area (Å²) in [5.41, 5.74) is 6.04. The second kappa shape index (κ2) is 7.80. The number of morpholine rings is 1. The molecule has 1 atom stereocenters. The van der Waals surface area contributed by atoms with Crippen molar-refractivity contribution in [2.75, 3.05) is 53.0 Å². The Hall–Kier alpha value is -2.38. The van der Waals surface area contributed by atoms with Gasteiger partial charge in [-0.05, 0) is 43.0 Å². The summed E-state index contributed by atoms with van der Waals surface area (Å²) in [7, 11) is 1.75. The van der Waals surface area contributed by atoms with Crippen molar-refractivity contribution >= 4 is 11.9 Å². The molecule has 3 heterocycles. The van der Waals surface area contributed by atoms with Crippen molar-refractivity contribution in [3.8, 4) is 0 Å². The Balaban J connectivity index is 1.59. The van der Waals surface area contributed by atoms with Gasteiger partial charge in [-0.1, -0.05) is 12.1 Å². The largest absolute Gasteiger partial charge is 0.370 e. The maximum atomic E-state index is 13.4. The number of nitrogens with zero attached hydrogens (tertiary/aromatic N) is 2. The fraction of sp³-hybridized carbons (Fsp3) is 0.545. The molecule has 3 amide bonds. The topological polar surface area (TPSA) is 66.3 Å². The Morgan fingerprint density at radius 1 is 1.10 bits per heavy atom. The van der Waals surface area contributed by atoms with Crippen molar-refractivity contribution in [2.24, 2.45) is 0 Å². The van der Waals surface area contributed by atoms with E-state index in [4.69, 9.17) is 4.74 Å². The van der Waals surface area contributed by atoms with Crippen LogP contribution >= 0.6 is 0 Å². The Bertz CT molecular complexity index is 873. The maximum absolute atomic E-state index is 13.4. The van der Waals surface area contributed by atoms with E-state index in [0.29, 0.717) is 13.1 Å². The Labute approximate surface area is 172 Å². The third-order valence-electron chi connectivity index (χ3n) is 6.56. The number of aryl methyl sites for hydroxylation is 3. The molecule has 0 aromatic heterocycles. The number of rotatable bonds is 4. The van der Waals surface area contributed by atoms with Crippen LogP contribution in [0.4, 0.5) is 4.79 Å². The summed E-state index contributed by atoms with van der Waals surface area (Å²) in [6, 6.07) is 3.70. The second-order valence-corrected chi connectivity index (χ2v) is 8.43. The molecule has 1 aromatic rings. The van der Waals surface area contributed by atoms with Crippen molar-refractivity contribution < 1.29 is 19.2 Å². The summed E-state index contributed by atoms with van der Waals surface area (Å²) in [6.07, 6.45) is 0. The van der Waals surface area contributed by atoms with Gasteiger partial charge in [0.05, 0.1) is 50.2 Å². The van der Waals surface area contributed by atoms with Crippen LogP contribution in [0.15, 0.2) is 23.4 Å². The molecule has 7 nitrogen and oxygen atoms in total. The molecule has 3 aliphatic heterocycles. The van der Waals surface area contributed by atoms with E-state index in [2.05, 4.69) is 31.3 Å². The van der Waals surface area contributed by atoms with Gasteiger partial charge in [-0.25, -0.2) is 4.79 Å². The van der Waals surface area contributed by atoms with Crippen LogP contribution in [0.1, 0.15) is 28.3 Å². The average Bonchev–Trinajstić information content (AvgIpc) is 3.04. The molecule has 0 bridgehead atoms. The molecule has 7 heteroatoms. The lowest BCUT2D eigenvalue weighted by atomic mass is 9.90. The summed E-state index contributed by atoms with van der Waals surface area (Å²) < 4.78 is 5.43. The lowest BCUT2D eigenvalue weighted by Gasteiger charge is -2.32. The quantitative estimate of drug-likeness (QED) is 0.766. The molecular weight excluding hydrogens is 368 g/mol. The molecule has 29 heavy (non-hydrogen) atoms. The van der Waals surface area contributed by atoms with Crippen molar-refractivity contribution in [1.82, 2.24) is 15.1 Å². The average molecular weight is 400 g/mol. The molecule has 156 valence electrons. The minimum absolute atomic E-state index is 0.0436. The van der Waals surface area contributed by atoms with Crippen LogP contribution in [0.5, 0.6) is 0 Å². The summed E-state index contributed by atoms with van der Waals surface area (Å²) in [5.74, 6) is 0.0436.